The number of amides is 1. The first-order chi connectivity index (χ1) is 7.74. The largest absolute Gasteiger partial charge is 0.435 e. The van der Waals surface area contributed by atoms with Gasteiger partial charge in [0.05, 0.1) is 11.9 Å². The molecule has 0 N–H and O–H groups in total. The minimum absolute atomic E-state index is 0.409. The van der Waals surface area contributed by atoms with Crippen LogP contribution in [0.1, 0.15) is 19.8 Å². The van der Waals surface area contributed by atoms with Gasteiger partial charge in [-0.15, -0.1) is 0 Å². The molecule has 1 aliphatic heterocycles. The van der Waals surface area contributed by atoms with Crippen LogP contribution in [0.5, 0.6) is 0 Å². The van der Waals surface area contributed by atoms with E-state index in [2.05, 4.69) is 12.1 Å². The second-order valence-electron chi connectivity index (χ2n) is 3.22. The van der Waals surface area contributed by atoms with E-state index in [1.165, 1.54) is 28.4 Å². The maximum atomic E-state index is 11.4. The van der Waals surface area contributed by atoms with Crippen LogP contribution in [0.25, 0.3) is 0 Å². The smallest absolute Gasteiger partial charge is 0.359 e. The molecule has 7 heteroatoms. The minimum atomic E-state index is -0.409. The summed E-state index contributed by atoms with van der Waals surface area (Å²) in [4.78, 5) is 17.8. The van der Waals surface area contributed by atoms with Crippen LogP contribution in [0.2, 0.25) is 0 Å². The number of thioether (sulfide) groups is 2. The number of carbonyl (C=O) groups excluding carboxylic acids is 1. The third-order valence-corrected chi connectivity index (χ3v) is 3.81. The number of ether oxygens (including phenoxy) is 1. The summed E-state index contributed by atoms with van der Waals surface area (Å²) in [7, 11) is 1.71. The zero-order chi connectivity index (χ0) is 11.8. The number of unbranched alkanes of at least 4 members (excludes halogenated alkanes) is 1. The van der Waals surface area contributed by atoms with Crippen molar-refractivity contribution in [1.29, 1.82) is 0 Å². The van der Waals surface area contributed by atoms with Crippen LogP contribution in [-0.2, 0) is 9.57 Å². The van der Waals surface area contributed by atoms with E-state index < -0.39 is 6.09 Å². The molecule has 0 aliphatic carbocycles. The Kier molecular flexibility index (Phi) is 6.67. The van der Waals surface area contributed by atoms with Gasteiger partial charge in [0, 0.05) is 13.6 Å². The molecule has 0 unspecified atom stereocenters. The molecule has 0 spiro atoms. The van der Waals surface area contributed by atoms with Gasteiger partial charge in [-0.3, -0.25) is 4.84 Å². The molecule has 0 saturated carbocycles. The molecule has 92 valence electrons. The number of hydrogen-bond donors (Lipinski definition) is 0. The Balaban J connectivity index is 2.27. The molecule has 0 aromatic carbocycles. The average molecular weight is 264 g/mol. The van der Waals surface area contributed by atoms with Gasteiger partial charge in [-0.1, -0.05) is 42.0 Å². The number of hydrogen-bond acceptors (Lipinski definition) is 6. The van der Waals surface area contributed by atoms with Crippen molar-refractivity contribution in [3.8, 4) is 0 Å². The lowest BCUT2D eigenvalue weighted by molar-refractivity contribution is 0.115. The summed E-state index contributed by atoms with van der Waals surface area (Å²) in [5.41, 5.74) is 0. The van der Waals surface area contributed by atoms with Gasteiger partial charge in [0.2, 0.25) is 0 Å². The second-order valence-corrected chi connectivity index (χ2v) is 5.30. The summed E-state index contributed by atoms with van der Waals surface area (Å²) in [5.74, 6) is 1.13. The van der Waals surface area contributed by atoms with Gasteiger partial charge < -0.3 is 9.64 Å². The summed E-state index contributed by atoms with van der Waals surface area (Å²) >= 11 is 2.86. The minimum Gasteiger partial charge on any atom is -0.359 e. The van der Waals surface area contributed by atoms with E-state index >= 15 is 0 Å². The molecule has 0 aromatic heterocycles. The van der Waals surface area contributed by atoms with Crippen LogP contribution >= 0.6 is 23.5 Å². The molecule has 0 bridgehead atoms. The van der Waals surface area contributed by atoms with Gasteiger partial charge in [0.1, 0.15) is 0 Å². The predicted molar refractivity (Wildman–Crippen MR) is 67.5 cm³/mol. The fourth-order valence-corrected chi connectivity index (χ4v) is 2.39. The normalized spacial score (nSPS) is 15.8. The van der Waals surface area contributed by atoms with Crippen molar-refractivity contribution in [1.82, 2.24) is 4.90 Å². The van der Waals surface area contributed by atoms with Gasteiger partial charge in [-0.25, -0.2) is 4.79 Å². The van der Waals surface area contributed by atoms with Crippen LogP contribution in [-0.4, -0.2) is 40.8 Å². The molecule has 1 aliphatic rings. The van der Waals surface area contributed by atoms with Crippen molar-refractivity contribution in [2.75, 3.05) is 25.5 Å². The highest BCUT2D eigenvalue weighted by molar-refractivity contribution is 8.39. The van der Waals surface area contributed by atoms with Crippen molar-refractivity contribution < 1.29 is 14.4 Å². The lowest BCUT2D eigenvalue weighted by Crippen LogP contribution is -2.27. The lowest BCUT2D eigenvalue weighted by Gasteiger charge is -2.15. The van der Waals surface area contributed by atoms with Crippen molar-refractivity contribution in [3.63, 3.8) is 0 Å². The molecule has 5 nitrogen and oxygen atoms in total. The molecule has 0 atom stereocenters. The molecule has 1 rings (SSSR count). The Hall–Kier alpha value is -0.400. The number of carbonyl (C=O) groups is 1. The first-order valence-electron chi connectivity index (χ1n) is 5.07. The lowest BCUT2D eigenvalue weighted by atomic mass is 10.3. The number of oxime groups is 1. The van der Waals surface area contributed by atoms with E-state index in [0.717, 1.165) is 17.2 Å². The summed E-state index contributed by atoms with van der Waals surface area (Å²) in [6.07, 6.45) is 1.61. The highest BCUT2D eigenvalue weighted by atomic mass is 32.2. The molecule has 16 heavy (non-hydrogen) atoms. The highest BCUT2D eigenvalue weighted by Crippen LogP contribution is 2.23. The third kappa shape index (κ3) is 5.09. The highest BCUT2D eigenvalue weighted by Gasteiger charge is 2.12. The maximum Gasteiger partial charge on any atom is 0.435 e. The first kappa shape index (κ1) is 13.7. The molecule has 0 radical (unpaired) electrons. The SMILES string of the molecule is CCCCN(C)C(=O)ON=C1SCOCS1. The first-order valence-corrected chi connectivity index (χ1v) is 7.04. The average Bonchev–Trinajstić information content (AvgIpc) is 2.34. The van der Waals surface area contributed by atoms with E-state index in [4.69, 9.17) is 9.57 Å². The quantitative estimate of drug-likeness (QED) is 0.577. The Morgan fingerprint density at radius 1 is 1.56 bits per heavy atom. The summed E-state index contributed by atoms with van der Waals surface area (Å²) in [5, 5.41) is 3.78. The Bertz CT molecular complexity index is 253. The zero-order valence-electron chi connectivity index (χ0n) is 9.47. The standard InChI is InChI=1S/C9H16N2O3S2/c1-3-4-5-11(2)9(12)14-10-8-15-6-13-7-16-8/h3-7H2,1-2H3. The van der Waals surface area contributed by atoms with Crippen LogP contribution in [0.3, 0.4) is 0 Å². The predicted octanol–water partition coefficient (Wildman–Crippen LogP) is 2.54. The van der Waals surface area contributed by atoms with Gasteiger partial charge in [0.15, 0.2) is 4.38 Å². The molecule has 1 fully saturated rings. The van der Waals surface area contributed by atoms with Crippen molar-refractivity contribution in [2.45, 2.75) is 19.8 Å². The fraction of sp³-hybridized carbons (Fsp3) is 0.778. The van der Waals surface area contributed by atoms with E-state index in [0.29, 0.717) is 18.4 Å². The van der Waals surface area contributed by atoms with Gasteiger partial charge in [-0.05, 0) is 6.42 Å². The van der Waals surface area contributed by atoms with Crippen molar-refractivity contribution >= 4 is 34.0 Å². The van der Waals surface area contributed by atoms with Gasteiger partial charge in [0.25, 0.3) is 0 Å². The van der Waals surface area contributed by atoms with E-state index in [-0.39, 0.29) is 0 Å². The van der Waals surface area contributed by atoms with Crippen LogP contribution < -0.4 is 0 Å². The maximum absolute atomic E-state index is 11.4. The van der Waals surface area contributed by atoms with Crippen molar-refractivity contribution in [2.24, 2.45) is 5.16 Å². The fourth-order valence-electron chi connectivity index (χ4n) is 0.945. The summed E-state index contributed by atoms with van der Waals surface area (Å²) in [6, 6.07) is 0. The topological polar surface area (TPSA) is 51.1 Å². The van der Waals surface area contributed by atoms with Crippen LogP contribution in [0.4, 0.5) is 4.79 Å². The summed E-state index contributed by atoms with van der Waals surface area (Å²) in [6.45, 7) is 2.78. The van der Waals surface area contributed by atoms with Gasteiger partial charge in [-0.2, -0.15) is 0 Å². The Morgan fingerprint density at radius 3 is 2.88 bits per heavy atom. The molecule has 1 saturated heterocycles. The van der Waals surface area contributed by atoms with E-state index in [1.807, 2.05) is 0 Å². The molecule has 0 aromatic rings. The molecular formula is C9H16N2O3S2. The molecular weight excluding hydrogens is 248 g/mol. The van der Waals surface area contributed by atoms with E-state index in [1.54, 1.807) is 7.05 Å². The Labute approximate surface area is 104 Å². The second kappa shape index (κ2) is 7.81. The van der Waals surface area contributed by atoms with Gasteiger partial charge >= 0.3 is 6.09 Å². The number of rotatable bonds is 4. The van der Waals surface area contributed by atoms with Crippen LogP contribution in [0.15, 0.2) is 5.16 Å². The third-order valence-electron chi connectivity index (χ3n) is 1.89. The molecule has 1 heterocycles. The molecule has 1 amide bonds. The zero-order valence-corrected chi connectivity index (χ0v) is 11.1. The number of nitrogens with zero attached hydrogens (tertiary/aromatic N) is 2. The van der Waals surface area contributed by atoms with Crippen LogP contribution in [0, 0.1) is 0 Å². The Morgan fingerprint density at radius 2 is 2.25 bits per heavy atom. The summed E-state index contributed by atoms with van der Waals surface area (Å²) < 4.78 is 5.84. The van der Waals surface area contributed by atoms with E-state index in [9.17, 15) is 4.79 Å². The van der Waals surface area contributed by atoms with Crippen molar-refractivity contribution in [3.05, 3.63) is 0 Å². The monoisotopic (exact) mass is 264 g/mol.